The monoisotopic (exact) mass is 390 g/mol. The third-order valence-electron chi connectivity index (χ3n) is 3.31. The van der Waals surface area contributed by atoms with Crippen molar-refractivity contribution in [3.05, 3.63) is 0 Å². The molecule has 0 radical (unpaired) electrons. The predicted octanol–water partition coefficient (Wildman–Crippen LogP) is -3.03. The highest BCUT2D eigenvalue weighted by atomic mass is 16.4. The molecule has 0 aromatic heterocycles. The molecule has 27 heavy (non-hydrogen) atoms. The van der Waals surface area contributed by atoms with Crippen LogP contribution in [0.1, 0.15) is 32.1 Å². The van der Waals surface area contributed by atoms with Crippen LogP contribution in [0.4, 0.5) is 0 Å². The molecule has 0 saturated heterocycles. The van der Waals surface area contributed by atoms with Gasteiger partial charge in [-0.1, -0.05) is 0 Å². The van der Waals surface area contributed by atoms with Crippen molar-refractivity contribution >= 4 is 35.6 Å². The number of carboxylic acid groups (broad SMARTS) is 3. The molecule has 0 aliphatic heterocycles. The molecule has 13 heteroatoms. The molecular formula is C14H22N4O9. The number of primary amides is 1. The van der Waals surface area contributed by atoms with Crippen LogP contribution in [-0.4, -0.2) is 69.1 Å². The van der Waals surface area contributed by atoms with E-state index in [0.29, 0.717) is 0 Å². The van der Waals surface area contributed by atoms with E-state index in [0.717, 1.165) is 0 Å². The maximum absolute atomic E-state index is 12.2. The third kappa shape index (κ3) is 10.4. The first-order valence-electron chi connectivity index (χ1n) is 7.75. The molecule has 0 rings (SSSR count). The molecular weight excluding hydrogens is 368 g/mol. The second kappa shape index (κ2) is 11.4. The van der Waals surface area contributed by atoms with Gasteiger partial charge in [0, 0.05) is 12.8 Å². The van der Waals surface area contributed by atoms with E-state index in [-0.39, 0.29) is 12.8 Å². The number of hydrogen-bond donors (Lipinski definition) is 7. The molecule has 0 saturated carbocycles. The molecule has 13 nitrogen and oxygen atoms in total. The number of carboxylic acids is 3. The molecule has 0 aromatic rings. The molecule has 9 N–H and O–H groups in total. The van der Waals surface area contributed by atoms with Crippen LogP contribution in [0.15, 0.2) is 0 Å². The number of hydrogen-bond acceptors (Lipinski definition) is 7. The van der Waals surface area contributed by atoms with Gasteiger partial charge in [-0.15, -0.1) is 0 Å². The SMILES string of the molecule is NC(=O)CC[C@H](N)C(=O)N[C@@H](CCC(=O)O)C(=O)N[C@@H](CC(=O)O)C(=O)O. The Bertz CT molecular complexity index is 607. The lowest BCUT2D eigenvalue weighted by atomic mass is 10.1. The van der Waals surface area contributed by atoms with Crippen LogP contribution in [-0.2, 0) is 28.8 Å². The van der Waals surface area contributed by atoms with E-state index >= 15 is 0 Å². The van der Waals surface area contributed by atoms with Crippen LogP contribution in [0, 0.1) is 0 Å². The zero-order valence-corrected chi connectivity index (χ0v) is 14.2. The summed E-state index contributed by atoms with van der Waals surface area (Å²) < 4.78 is 0. The van der Waals surface area contributed by atoms with Crippen LogP contribution >= 0.6 is 0 Å². The lowest BCUT2D eigenvalue weighted by molar-refractivity contribution is -0.147. The number of rotatable bonds is 13. The van der Waals surface area contributed by atoms with E-state index in [1.165, 1.54) is 0 Å². The smallest absolute Gasteiger partial charge is 0.326 e. The van der Waals surface area contributed by atoms with Crippen LogP contribution < -0.4 is 22.1 Å². The van der Waals surface area contributed by atoms with E-state index in [9.17, 15) is 28.8 Å². The minimum Gasteiger partial charge on any atom is -0.481 e. The van der Waals surface area contributed by atoms with Gasteiger partial charge in [0.15, 0.2) is 0 Å². The summed E-state index contributed by atoms with van der Waals surface area (Å²) in [4.78, 5) is 67.3. The Morgan fingerprint density at radius 2 is 1.33 bits per heavy atom. The van der Waals surface area contributed by atoms with Crippen LogP contribution in [0.25, 0.3) is 0 Å². The van der Waals surface area contributed by atoms with Crippen LogP contribution in [0.3, 0.4) is 0 Å². The summed E-state index contributed by atoms with van der Waals surface area (Å²) in [5.74, 6) is -7.04. The van der Waals surface area contributed by atoms with Gasteiger partial charge in [0.05, 0.1) is 12.5 Å². The largest absolute Gasteiger partial charge is 0.481 e. The zero-order chi connectivity index (χ0) is 21.1. The zero-order valence-electron chi connectivity index (χ0n) is 14.2. The fourth-order valence-electron chi connectivity index (χ4n) is 1.89. The van der Waals surface area contributed by atoms with Gasteiger partial charge in [-0.3, -0.25) is 24.0 Å². The molecule has 3 amide bonds. The van der Waals surface area contributed by atoms with Crippen molar-refractivity contribution in [3.8, 4) is 0 Å². The Kier molecular flexibility index (Phi) is 10.0. The molecule has 0 fully saturated rings. The van der Waals surface area contributed by atoms with Crippen molar-refractivity contribution in [1.29, 1.82) is 0 Å². The van der Waals surface area contributed by atoms with Gasteiger partial charge >= 0.3 is 17.9 Å². The minimum atomic E-state index is -1.78. The molecule has 0 bridgehead atoms. The third-order valence-corrected chi connectivity index (χ3v) is 3.31. The van der Waals surface area contributed by atoms with Gasteiger partial charge in [-0.2, -0.15) is 0 Å². The standard InChI is InChI=1S/C14H22N4O9/c15-6(1-3-9(16)19)12(24)17-7(2-4-10(20)21)13(25)18-8(14(26)27)5-11(22)23/h6-8H,1-5,15H2,(H2,16,19)(H,17,24)(H,18,25)(H,20,21)(H,22,23)(H,26,27)/t6-,7-,8-/m0/s1. The summed E-state index contributed by atoms with van der Waals surface area (Å²) in [5, 5.41) is 30.4. The first kappa shape index (κ1) is 23.8. The van der Waals surface area contributed by atoms with E-state index in [1.807, 2.05) is 5.32 Å². The van der Waals surface area contributed by atoms with Crippen LogP contribution in [0.5, 0.6) is 0 Å². The maximum atomic E-state index is 12.2. The lowest BCUT2D eigenvalue weighted by Crippen LogP contribution is -2.54. The molecule has 152 valence electrons. The van der Waals surface area contributed by atoms with Crippen molar-refractivity contribution in [2.75, 3.05) is 0 Å². The second-order valence-corrected chi connectivity index (χ2v) is 5.60. The highest BCUT2D eigenvalue weighted by Gasteiger charge is 2.29. The number of aliphatic carboxylic acids is 3. The Morgan fingerprint density at radius 1 is 0.778 bits per heavy atom. The van der Waals surface area contributed by atoms with Gasteiger partial charge in [-0.05, 0) is 12.8 Å². The fourth-order valence-corrected chi connectivity index (χ4v) is 1.89. The maximum Gasteiger partial charge on any atom is 0.326 e. The van der Waals surface area contributed by atoms with Gasteiger partial charge in [0.2, 0.25) is 17.7 Å². The molecule has 0 aromatic carbocycles. The number of nitrogens with two attached hydrogens (primary N) is 2. The highest BCUT2D eigenvalue weighted by Crippen LogP contribution is 2.03. The van der Waals surface area contributed by atoms with Crippen LogP contribution in [0.2, 0.25) is 0 Å². The number of nitrogens with one attached hydrogen (secondary N) is 2. The summed E-state index contributed by atoms with van der Waals surface area (Å²) in [6.07, 6.45) is -2.16. The van der Waals surface area contributed by atoms with E-state index in [2.05, 4.69) is 5.32 Å². The number of carbonyl (C=O) groups is 6. The number of amides is 3. The normalized spacial score (nSPS) is 13.7. The van der Waals surface area contributed by atoms with E-state index in [1.54, 1.807) is 0 Å². The first-order chi connectivity index (χ1) is 12.4. The fraction of sp³-hybridized carbons (Fsp3) is 0.571. The Hall–Kier alpha value is -3.22. The Morgan fingerprint density at radius 3 is 1.78 bits per heavy atom. The summed E-state index contributed by atoms with van der Waals surface area (Å²) >= 11 is 0. The molecule has 0 aliphatic carbocycles. The molecule has 3 atom stereocenters. The predicted molar refractivity (Wildman–Crippen MR) is 87.0 cm³/mol. The topological polar surface area (TPSA) is 239 Å². The average molecular weight is 390 g/mol. The van der Waals surface area contributed by atoms with Gasteiger partial charge < -0.3 is 37.4 Å². The summed E-state index contributed by atoms with van der Waals surface area (Å²) in [6, 6.07) is -4.46. The van der Waals surface area contributed by atoms with E-state index in [4.69, 9.17) is 26.8 Å². The van der Waals surface area contributed by atoms with Crippen molar-refractivity contribution < 1.29 is 44.1 Å². The second-order valence-electron chi connectivity index (χ2n) is 5.60. The average Bonchev–Trinajstić information content (AvgIpc) is 2.54. The molecule has 0 heterocycles. The number of carbonyl (C=O) groups excluding carboxylic acids is 3. The molecule has 0 unspecified atom stereocenters. The van der Waals surface area contributed by atoms with Gasteiger partial charge in [0.1, 0.15) is 12.1 Å². The minimum absolute atomic E-state index is 0.120. The van der Waals surface area contributed by atoms with Crippen molar-refractivity contribution in [3.63, 3.8) is 0 Å². The van der Waals surface area contributed by atoms with E-state index < -0.39 is 73.0 Å². The summed E-state index contributed by atoms with van der Waals surface area (Å²) in [7, 11) is 0. The van der Waals surface area contributed by atoms with Gasteiger partial charge in [-0.25, -0.2) is 4.79 Å². The lowest BCUT2D eigenvalue weighted by Gasteiger charge is -2.22. The van der Waals surface area contributed by atoms with Crippen molar-refractivity contribution in [2.45, 2.75) is 50.2 Å². The van der Waals surface area contributed by atoms with Gasteiger partial charge in [0.25, 0.3) is 0 Å². The molecule has 0 spiro atoms. The first-order valence-corrected chi connectivity index (χ1v) is 7.75. The molecule has 0 aliphatic rings. The Labute approximate surface area is 153 Å². The summed E-state index contributed by atoms with van der Waals surface area (Å²) in [5.41, 5.74) is 10.5. The Balaban J connectivity index is 5.09. The van der Waals surface area contributed by atoms with Crippen molar-refractivity contribution in [2.24, 2.45) is 11.5 Å². The van der Waals surface area contributed by atoms with Crippen molar-refractivity contribution in [1.82, 2.24) is 10.6 Å². The quantitative estimate of drug-likeness (QED) is 0.168. The summed E-state index contributed by atoms with van der Waals surface area (Å²) in [6.45, 7) is 0. The highest BCUT2D eigenvalue weighted by molar-refractivity contribution is 5.93.